The first-order valence-corrected chi connectivity index (χ1v) is 23.7. The van der Waals surface area contributed by atoms with Gasteiger partial charge in [0.15, 0.2) is 17.7 Å². The highest BCUT2D eigenvalue weighted by atomic mass is 32.2. The number of phosphoric acid groups is 3. The third kappa shape index (κ3) is 17.1. The summed E-state index contributed by atoms with van der Waals surface area (Å²) in [6, 6.07) is 0. The van der Waals surface area contributed by atoms with Crippen molar-refractivity contribution in [3.8, 4) is 0 Å². The van der Waals surface area contributed by atoms with E-state index in [1.165, 1.54) is 32.8 Å². The van der Waals surface area contributed by atoms with Crippen LogP contribution in [0.2, 0.25) is 0 Å². The molecule has 1 aliphatic rings. The second kappa shape index (κ2) is 23.5. The molecule has 0 spiro atoms. The van der Waals surface area contributed by atoms with E-state index in [0.717, 1.165) is 48.2 Å². The van der Waals surface area contributed by atoms with Crippen LogP contribution in [0.3, 0.4) is 0 Å². The molecule has 2 unspecified atom stereocenters. The lowest BCUT2D eigenvalue weighted by atomic mass is 9.87. The first kappa shape index (κ1) is 51.4. The summed E-state index contributed by atoms with van der Waals surface area (Å²) >= 11 is 1.01. The Morgan fingerprint density at radius 3 is 2.47 bits per heavy atom. The molecule has 0 saturated carbocycles. The summed E-state index contributed by atoms with van der Waals surface area (Å²) in [4.78, 5) is 96.2. The molecule has 2 aromatic heterocycles. The topological polar surface area (TPSA) is 375 Å². The van der Waals surface area contributed by atoms with Gasteiger partial charge in [0, 0.05) is 30.7 Å². The smallest absolute Gasteiger partial charge is 0.274 e. The highest BCUT2D eigenvalue weighted by molar-refractivity contribution is 8.14. The minimum Gasteiger partial charge on any atom is -0.790 e. The van der Waals surface area contributed by atoms with Crippen LogP contribution in [0.4, 0.5) is 5.82 Å². The Balaban J connectivity index is 1.42. The Morgan fingerprint density at radius 2 is 1.77 bits per heavy atom. The maximum Gasteiger partial charge on any atom is 0.274 e. The highest BCUT2D eigenvalue weighted by Gasteiger charge is 2.47. The van der Waals surface area contributed by atoms with Crippen LogP contribution in [0, 0.1) is 5.41 Å². The zero-order valence-corrected chi connectivity index (χ0v) is 36.3. The summed E-state index contributed by atoms with van der Waals surface area (Å²) in [5, 5.41) is 26.1. The molecule has 0 radical (unpaired) electrons. The number of imidazole rings is 1. The number of hydrogen-bond acceptors (Lipinski definition) is 22. The number of unbranched alkanes of at least 4 members (excludes halogenated alkanes) is 4. The molecule has 2 amide bonds. The number of nitrogens with two attached hydrogens (primary N) is 1. The van der Waals surface area contributed by atoms with Gasteiger partial charge in [0.05, 0.1) is 27.4 Å². The van der Waals surface area contributed by atoms with Crippen molar-refractivity contribution in [1.82, 2.24) is 30.2 Å². The van der Waals surface area contributed by atoms with Crippen LogP contribution in [0.25, 0.3) is 11.2 Å². The molecule has 338 valence electrons. The molecule has 1 saturated heterocycles. The van der Waals surface area contributed by atoms with Crippen LogP contribution in [-0.2, 0) is 50.7 Å². The quantitative estimate of drug-likeness (QED) is 0.0334. The van der Waals surface area contributed by atoms with Crippen molar-refractivity contribution in [1.29, 1.82) is 0 Å². The van der Waals surface area contributed by atoms with Gasteiger partial charge in [-0.1, -0.05) is 70.0 Å². The number of nitrogens with zero attached hydrogens (tertiary/aromatic N) is 4. The predicted octanol–water partition coefficient (Wildman–Crippen LogP) is -0.780. The molecule has 7 atom stereocenters. The minimum absolute atomic E-state index is 0.0217. The average molecular weight is 928 g/mol. The fourth-order valence-corrected chi connectivity index (χ4v) is 8.62. The fourth-order valence-electron chi connectivity index (χ4n) is 5.30. The van der Waals surface area contributed by atoms with Gasteiger partial charge in [0.2, 0.25) is 16.9 Å². The van der Waals surface area contributed by atoms with E-state index in [9.17, 15) is 57.9 Å². The van der Waals surface area contributed by atoms with Crippen LogP contribution in [0.15, 0.2) is 37.0 Å². The molecule has 3 rings (SSSR count). The van der Waals surface area contributed by atoms with Crippen LogP contribution in [0.5, 0.6) is 0 Å². The minimum atomic E-state index is -5.92. The molecule has 1 fully saturated rings. The molecular formula is C32H48N7O17P3S-4. The van der Waals surface area contributed by atoms with E-state index in [0.29, 0.717) is 5.75 Å². The number of thioether (sulfide) groups is 1. The monoisotopic (exact) mass is 927 g/mol. The van der Waals surface area contributed by atoms with Gasteiger partial charge in [-0.2, -0.15) is 0 Å². The number of nitrogens with one attached hydrogen (secondary N) is 2. The largest absolute Gasteiger partial charge is 0.790 e. The number of hydrogen-bond donors (Lipinski definition) is 5. The lowest BCUT2D eigenvalue weighted by molar-refractivity contribution is -0.347. The Hall–Kier alpha value is -2.96. The number of phosphoric ester groups is 3. The van der Waals surface area contributed by atoms with E-state index in [1.807, 2.05) is 12.2 Å². The lowest BCUT2D eigenvalue weighted by Gasteiger charge is -2.36. The number of aliphatic hydroxyl groups is 2. The number of ether oxygens (including phenoxy) is 1. The normalized spacial score (nSPS) is 21.3. The summed E-state index contributed by atoms with van der Waals surface area (Å²) in [6.45, 7) is 2.21. The standard InChI is InChI=1S/C32H52N7O17P3S/c1-4-5-6-7-8-9-10-11-12-23(41)60-16-15-34-22(40)13-14-35-30(44)27(43)32(2,3)18-53-59(50,51)56-58(48,49)52-17-21-26(55-57(45,46)47)25(42)31(54-21)39-20-38-24-28(33)36-19-37-29(24)39/h9-12,19-21,25-27,31,42-43H,4-8,13-18H2,1-3H3,(H,34,40)(H,35,44)(H,48,49)(H,50,51)(H2,33,36,37)(H2,45,46,47)/p-4/b10-9-,12-11+/t21-,25-,26-,27+,31-/m1/s1. The molecule has 24 nitrogen and oxygen atoms in total. The van der Waals surface area contributed by atoms with Crippen LogP contribution < -0.4 is 35.9 Å². The molecule has 2 aromatic rings. The number of fused-ring (bicyclic) bond motifs is 1. The Morgan fingerprint density at radius 1 is 1.05 bits per heavy atom. The van der Waals surface area contributed by atoms with Gasteiger partial charge in [-0.05, 0) is 18.9 Å². The average Bonchev–Trinajstić information content (AvgIpc) is 3.72. The van der Waals surface area contributed by atoms with Gasteiger partial charge < -0.3 is 69.0 Å². The molecule has 28 heteroatoms. The number of carbonyl (C=O) groups excluding carboxylic acids is 3. The number of carbonyl (C=O) groups is 3. The number of allylic oxidation sites excluding steroid dienone is 3. The summed E-state index contributed by atoms with van der Waals surface area (Å²) < 4.78 is 60.6. The summed E-state index contributed by atoms with van der Waals surface area (Å²) in [6.07, 6.45) is 4.86. The second-order valence-corrected chi connectivity index (χ2v) is 19.0. The Kier molecular flexibility index (Phi) is 20.1. The number of anilines is 1. The zero-order chi connectivity index (χ0) is 44.7. The van der Waals surface area contributed by atoms with Gasteiger partial charge in [-0.25, -0.2) is 19.3 Å². The van der Waals surface area contributed by atoms with E-state index >= 15 is 0 Å². The van der Waals surface area contributed by atoms with Crippen molar-refractivity contribution in [2.75, 3.05) is 37.8 Å². The van der Waals surface area contributed by atoms with Crippen molar-refractivity contribution in [2.24, 2.45) is 5.41 Å². The first-order valence-electron chi connectivity index (χ1n) is 18.4. The number of amides is 2. The van der Waals surface area contributed by atoms with Crippen molar-refractivity contribution >= 4 is 69.1 Å². The molecule has 60 heavy (non-hydrogen) atoms. The van der Waals surface area contributed by atoms with Crippen molar-refractivity contribution in [3.63, 3.8) is 0 Å². The van der Waals surface area contributed by atoms with E-state index in [4.69, 9.17) is 10.5 Å². The summed E-state index contributed by atoms with van der Waals surface area (Å²) in [7, 11) is -17.6. The lowest BCUT2D eigenvalue weighted by Crippen LogP contribution is -2.46. The van der Waals surface area contributed by atoms with Crippen LogP contribution >= 0.6 is 35.2 Å². The first-order chi connectivity index (χ1) is 28.1. The Bertz CT molecular complexity index is 1960. The molecule has 6 N–H and O–H groups in total. The van der Waals surface area contributed by atoms with Crippen molar-refractivity contribution in [3.05, 3.63) is 37.0 Å². The maximum atomic E-state index is 12.6. The fraction of sp³-hybridized carbons (Fsp3) is 0.625. The summed E-state index contributed by atoms with van der Waals surface area (Å²) in [5.74, 6) is -1.25. The maximum absolute atomic E-state index is 12.6. The molecule has 0 bridgehead atoms. The molecule has 1 aliphatic heterocycles. The molecule has 0 aliphatic carbocycles. The highest BCUT2D eigenvalue weighted by Crippen LogP contribution is 2.56. The third-order valence-corrected chi connectivity index (χ3v) is 12.3. The van der Waals surface area contributed by atoms with Crippen molar-refractivity contribution < 1.29 is 80.5 Å². The van der Waals surface area contributed by atoms with E-state index in [2.05, 4.69) is 50.4 Å². The van der Waals surface area contributed by atoms with E-state index < -0.39 is 84.6 Å². The molecular weight excluding hydrogens is 879 g/mol. The van der Waals surface area contributed by atoms with E-state index in [-0.39, 0.29) is 41.6 Å². The van der Waals surface area contributed by atoms with Crippen LogP contribution in [-0.4, -0.2) is 103 Å². The Labute approximate surface area is 349 Å². The SMILES string of the molecule is CCCCCC/C=C\C=C\C(=O)SCCNC(=O)CCNC(=O)[C@H](O)C(C)(C)COP(=O)([O-])OP(=O)([O-])OC[C@H]1O[C@@H](n2cnc3c(N)ncnc32)[C@H](O)[C@@H]1OP(=O)([O-])[O-]. The second-order valence-electron chi connectivity index (χ2n) is 13.8. The number of nitrogen functional groups attached to an aromatic ring is 1. The van der Waals surface area contributed by atoms with Crippen LogP contribution in [0.1, 0.15) is 65.5 Å². The summed E-state index contributed by atoms with van der Waals surface area (Å²) in [5.41, 5.74) is 4.07. The van der Waals surface area contributed by atoms with E-state index in [1.54, 1.807) is 6.08 Å². The van der Waals surface area contributed by atoms with Gasteiger partial charge in [0.25, 0.3) is 15.6 Å². The predicted molar refractivity (Wildman–Crippen MR) is 205 cm³/mol. The number of rotatable bonds is 26. The van der Waals surface area contributed by atoms with Gasteiger partial charge in [-0.15, -0.1) is 0 Å². The number of aromatic nitrogens is 4. The van der Waals surface area contributed by atoms with Gasteiger partial charge in [-0.3, -0.25) is 28.1 Å². The van der Waals surface area contributed by atoms with Gasteiger partial charge >= 0.3 is 0 Å². The third-order valence-electron chi connectivity index (χ3n) is 8.43. The molecule has 0 aromatic carbocycles. The van der Waals surface area contributed by atoms with Gasteiger partial charge in [0.1, 0.15) is 36.3 Å². The number of aliphatic hydroxyl groups excluding tert-OH is 2. The zero-order valence-electron chi connectivity index (χ0n) is 32.8. The molecule has 3 heterocycles. The van der Waals surface area contributed by atoms with Crippen molar-refractivity contribution in [2.45, 2.75) is 89.9 Å².